The van der Waals surface area contributed by atoms with Crippen molar-refractivity contribution in [3.8, 4) is 5.75 Å². The van der Waals surface area contributed by atoms with Crippen LogP contribution in [0.4, 0.5) is 0 Å². The molecule has 1 aromatic carbocycles. The van der Waals surface area contributed by atoms with Crippen LogP contribution in [0.15, 0.2) is 29.0 Å². The molecule has 0 aliphatic carbocycles. The maximum atomic E-state index is 10.8. The molecule has 132 valence electrons. The maximum Gasteiger partial charge on any atom is 0.123 e. The molecule has 2 N–H and O–H groups in total. The third-order valence-corrected chi connectivity index (χ3v) is 4.88. The van der Waals surface area contributed by atoms with E-state index in [1.807, 2.05) is 0 Å². The Labute approximate surface area is 154 Å². The van der Waals surface area contributed by atoms with Gasteiger partial charge in [0.15, 0.2) is 0 Å². The highest BCUT2D eigenvalue weighted by molar-refractivity contribution is 9.10. The first-order chi connectivity index (χ1) is 11.0. The van der Waals surface area contributed by atoms with Crippen molar-refractivity contribution in [1.82, 2.24) is 4.98 Å². The first-order valence-electron chi connectivity index (χ1n) is 8.68. The molecule has 0 spiro atoms. The molecular weight excluding hydrogens is 362 g/mol. The van der Waals surface area contributed by atoms with E-state index in [0.717, 1.165) is 35.0 Å². The fourth-order valence-electron chi connectivity index (χ4n) is 3.03. The number of aromatic nitrogens is 1. The van der Waals surface area contributed by atoms with Crippen LogP contribution in [0.3, 0.4) is 0 Å². The van der Waals surface area contributed by atoms with Crippen molar-refractivity contribution < 1.29 is 5.11 Å². The molecule has 1 aromatic heterocycles. The van der Waals surface area contributed by atoms with Crippen molar-refractivity contribution in [3.05, 3.63) is 51.3 Å². The summed E-state index contributed by atoms with van der Waals surface area (Å²) in [5.74, 6) is 0.466. The van der Waals surface area contributed by atoms with E-state index in [2.05, 4.69) is 86.9 Å². The monoisotopic (exact) mass is 391 g/mol. The first-order valence-corrected chi connectivity index (χ1v) is 9.47. The molecule has 0 saturated carbocycles. The Balaban J connectivity index is 2.25. The van der Waals surface area contributed by atoms with E-state index in [-0.39, 0.29) is 10.8 Å². The predicted molar refractivity (Wildman–Crippen MR) is 106 cm³/mol. The van der Waals surface area contributed by atoms with Gasteiger partial charge in [-0.05, 0) is 74.3 Å². The summed E-state index contributed by atoms with van der Waals surface area (Å²) in [5.41, 5.74) is 4.62. The molecule has 0 fully saturated rings. The number of halogens is 1. The van der Waals surface area contributed by atoms with Crippen molar-refractivity contribution in [2.24, 2.45) is 0 Å². The second-order valence-corrected chi connectivity index (χ2v) is 9.60. The average molecular weight is 392 g/mol. The Morgan fingerprint density at radius 2 is 1.38 bits per heavy atom. The number of hydrogen-bond acceptors (Lipinski definition) is 1. The second-order valence-electron chi connectivity index (χ2n) is 8.75. The molecule has 0 aliphatic rings. The number of phenolic OH excluding ortho intramolecular Hbond substituents is 1. The average Bonchev–Trinajstić information content (AvgIpc) is 2.83. The quantitative estimate of drug-likeness (QED) is 0.634. The molecule has 0 bridgehead atoms. The zero-order chi connectivity index (χ0) is 18.1. The Morgan fingerprint density at radius 1 is 0.875 bits per heavy atom. The van der Waals surface area contributed by atoms with Gasteiger partial charge in [-0.3, -0.25) is 0 Å². The minimum absolute atomic E-state index is 0.0639. The van der Waals surface area contributed by atoms with Gasteiger partial charge in [-0.25, -0.2) is 0 Å². The second kappa shape index (κ2) is 6.95. The Bertz CT molecular complexity index is 666. The Morgan fingerprint density at radius 3 is 1.79 bits per heavy atom. The van der Waals surface area contributed by atoms with E-state index in [0.29, 0.717) is 5.75 Å². The van der Waals surface area contributed by atoms with Gasteiger partial charge >= 0.3 is 0 Å². The highest BCUT2D eigenvalue weighted by atomic mass is 79.9. The van der Waals surface area contributed by atoms with Crippen LogP contribution in [0.25, 0.3) is 0 Å². The van der Waals surface area contributed by atoms with Gasteiger partial charge in [-0.2, -0.15) is 0 Å². The van der Waals surface area contributed by atoms with Crippen LogP contribution in [0, 0.1) is 0 Å². The lowest BCUT2D eigenvalue weighted by Gasteiger charge is -2.28. The Hall–Kier alpha value is -1.22. The van der Waals surface area contributed by atoms with Gasteiger partial charge in [-0.1, -0.05) is 53.7 Å². The van der Waals surface area contributed by atoms with Crippen LogP contribution in [0.1, 0.15) is 70.2 Å². The highest BCUT2D eigenvalue weighted by Gasteiger charge is 2.26. The van der Waals surface area contributed by atoms with Gasteiger partial charge in [0.25, 0.3) is 0 Å². The third kappa shape index (κ3) is 4.66. The highest BCUT2D eigenvalue weighted by Crippen LogP contribution is 2.40. The number of H-pyrrole nitrogens is 1. The van der Waals surface area contributed by atoms with E-state index in [1.165, 1.54) is 11.1 Å². The number of hydrogen-bond donors (Lipinski definition) is 2. The largest absolute Gasteiger partial charge is 0.507 e. The van der Waals surface area contributed by atoms with Gasteiger partial charge in [0, 0.05) is 6.20 Å². The van der Waals surface area contributed by atoms with Crippen LogP contribution in [-0.4, -0.2) is 10.1 Å². The summed E-state index contributed by atoms with van der Waals surface area (Å²) in [6.45, 7) is 13.0. The first kappa shape index (κ1) is 19.1. The topological polar surface area (TPSA) is 36.0 Å². The van der Waals surface area contributed by atoms with Gasteiger partial charge < -0.3 is 10.1 Å². The van der Waals surface area contributed by atoms with Crippen molar-refractivity contribution in [1.29, 1.82) is 0 Å². The van der Waals surface area contributed by atoms with Gasteiger partial charge in [-0.15, -0.1) is 0 Å². The van der Waals surface area contributed by atoms with E-state index < -0.39 is 0 Å². The van der Waals surface area contributed by atoms with Crippen LogP contribution in [0.2, 0.25) is 0 Å². The van der Waals surface area contributed by atoms with Crippen LogP contribution in [-0.2, 0) is 23.7 Å². The minimum atomic E-state index is -0.0639. The van der Waals surface area contributed by atoms with Crippen molar-refractivity contribution in [2.45, 2.75) is 71.6 Å². The molecule has 0 amide bonds. The van der Waals surface area contributed by atoms with Crippen molar-refractivity contribution in [3.63, 3.8) is 0 Å². The van der Waals surface area contributed by atoms with Crippen LogP contribution < -0.4 is 0 Å². The molecule has 3 heteroatoms. The fraction of sp³-hybridized carbons (Fsp3) is 0.524. The number of nitrogens with one attached hydrogen (secondary N) is 1. The lowest BCUT2D eigenvalue weighted by atomic mass is 9.78. The van der Waals surface area contributed by atoms with E-state index in [9.17, 15) is 5.11 Å². The number of aromatic hydroxyl groups is 1. The summed E-state index contributed by atoms with van der Waals surface area (Å²) in [6.07, 6.45) is 5.23. The van der Waals surface area contributed by atoms with Gasteiger partial charge in [0.2, 0.25) is 0 Å². The summed E-state index contributed by atoms with van der Waals surface area (Å²) >= 11 is 3.46. The molecule has 0 atom stereocenters. The van der Waals surface area contributed by atoms with E-state index in [4.69, 9.17) is 0 Å². The van der Waals surface area contributed by atoms with Gasteiger partial charge in [0.05, 0.1) is 4.60 Å². The molecular formula is C21H30BrNO. The predicted octanol–water partition coefficient (Wildman–Crippen LogP) is 6.25. The molecule has 0 saturated heterocycles. The number of rotatable bonds is 4. The maximum absolute atomic E-state index is 10.8. The standard InChI is InChI=1S/C21H30BrNO/c1-20(2,3)16-10-14(11-17(19(16)24)21(4,5)6)8-7-9-15-12-18(22)23-13-15/h10-13,23-24H,7-9H2,1-6H3. The SMILES string of the molecule is CC(C)(C)c1cc(CCCc2c[nH]c(Br)c2)cc(C(C)(C)C)c1O. The Kier molecular flexibility index (Phi) is 5.54. The van der Waals surface area contributed by atoms with Gasteiger partial charge in [0.1, 0.15) is 5.75 Å². The lowest BCUT2D eigenvalue weighted by Crippen LogP contribution is -2.18. The molecule has 2 aromatic rings. The summed E-state index contributed by atoms with van der Waals surface area (Å²) < 4.78 is 1.03. The zero-order valence-electron chi connectivity index (χ0n) is 15.8. The molecule has 2 nitrogen and oxygen atoms in total. The third-order valence-electron chi connectivity index (χ3n) is 4.42. The minimum Gasteiger partial charge on any atom is -0.507 e. The zero-order valence-corrected chi connectivity index (χ0v) is 17.3. The van der Waals surface area contributed by atoms with E-state index >= 15 is 0 Å². The molecule has 0 unspecified atom stereocenters. The molecule has 0 radical (unpaired) electrons. The molecule has 1 heterocycles. The van der Waals surface area contributed by atoms with Crippen molar-refractivity contribution in [2.75, 3.05) is 0 Å². The number of benzene rings is 1. The van der Waals surface area contributed by atoms with E-state index in [1.54, 1.807) is 0 Å². The molecule has 0 aliphatic heterocycles. The number of aromatic amines is 1. The molecule has 24 heavy (non-hydrogen) atoms. The summed E-state index contributed by atoms with van der Waals surface area (Å²) in [5, 5.41) is 10.8. The summed E-state index contributed by atoms with van der Waals surface area (Å²) in [4.78, 5) is 3.17. The summed E-state index contributed by atoms with van der Waals surface area (Å²) in [6, 6.07) is 6.52. The number of aryl methyl sites for hydroxylation is 2. The van der Waals surface area contributed by atoms with Crippen molar-refractivity contribution >= 4 is 15.9 Å². The van der Waals surface area contributed by atoms with Crippen LogP contribution in [0.5, 0.6) is 5.75 Å². The smallest absolute Gasteiger partial charge is 0.123 e. The van der Waals surface area contributed by atoms with Crippen LogP contribution >= 0.6 is 15.9 Å². The molecule has 2 rings (SSSR count). The normalized spacial score (nSPS) is 12.6. The number of phenols is 1. The lowest BCUT2D eigenvalue weighted by molar-refractivity contribution is 0.422. The fourth-order valence-corrected chi connectivity index (χ4v) is 3.44. The summed E-state index contributed by atoms with van der Waals surface area (Å²) in [7, 11) is 0.